The molecule has 6 heteroatoms. The van der Waals surface area contributed by atoms with Crippen LogP contribution in [0.25, 0.3) is 120 Å². The molecule has 0 bridgehead atoms. The van der Waals surface area contributed by atoms with E-state index in [1.54, 1.807) is 11.3 Å². The van der Waals surface area contributed by atoms with E-state index in [9.17, 15) is 0 Å². The fraction of sp³-hybridized carbons (Fsp3) is 0.0156. The van der Waals surface area contributed by atoms with Crippen LogP contribution < -0.4 is 0 Å². The van der Waals surface area contributed by atoms with Gasteiger partial charge in [0.1, 0.15) is 22.3 Å². The largest absolute Gasteiger partial charge is 0.456 e. The minimum Gasteiger partial charge on any atom is -0.456 e. The maximum Gasteiger partial charge on any atom is 0.164 e. The predicted molar refractivity (Wildman–Crippen MR) is 286 cm³/mol. The van der Waals surface area contributed by atoms with Gasteiger partial charge in [-0.25, -0.2) is 15.0 Å². The maximum atomic E-state index is 6.73. The zero-order chi connectivity index (χ0) is 45.9. The summed E-state index contributed by atoms with van der Waals surface area (Å²) in [4.78, 5) is 16.1. The van der Waals surface area contributed by atoms with E-state index in [2.05, 4.69) is 188 Å². The van der Waals surface area contributed by atoms with Crippen molar-refractivity contribution in [2.24, 2.45) is 0 Å². The van der Waals surface area contributed by atoms with Crippen LogP contribution in [0.2, 0.25) is 0 Å². The highest BCUT2D eigenvalue weighted by Gasteiger charge is 2.46. The lowest BCUT2D eigenvalue weighted by Crippen LogP contribution is -2.28. The van der Waals surface area contributed by atoms with Gasteiger partial charge in [-0.2, -0.15) is 0 Å². The van der Waals surface area contributed by atoms with Crippen molar-refractivity contribution in [1.82, 2.24) is 15.0 Å². The van der Waals surface area contributed by atoms with Crippen molar-refractivity contribution in [3.05, 3.63) is 247 Å². The van der Waals surface area contributed by atoms with E-state index >= 15 is 0 Å². The Morgan fingerprint density at radius 2 is 0.857 bits per heavy atom. The number of hydrogen-bond acceptors (Lipinski definition) is 6. The maximum absolute atomic E-state index is 6.73. The quantitative estimate of drug-likeness (QED) is 0.166. The summed E-state index contributed by atoms with van der Waals surface area (Å²) in [5.74, 6) is 1.75. The van der Waals surface area contributed by atoms with Gasteiger partial charge in [0.25, 0.3) is 0 Å². The summed E-state index contributed by atoms with van der Waals surface area (Å²) >= 11 is 1.79. The Balaban J connectivity index is 0.961. The molecular formula is C64H37N3O2S. The van der Waals surface area contributed by atoms with Gasteiger partial charge in [0.15, 0.2) is 17.5 Å². The highest BCUT2D eigenvalue weighted by Crippen LogP contribution is 2.58. The Hall–Kier alpha value is -8.97. The van der Waals surface area contributed by atoms with Crippen LogP contribution in [0.15, 0.2) is 233 Å². The Bertz CT molecular complexity index is 4390. The van der Waals surface area contributed by atoms with Crippen LogP contribution in [0.3, 0.4) is 0 Å². The van der Waals surface area contributed by atoms with Gasteiger partial charge >= 0.3 is 0 Å². The summed E-state index contributed by atoms with van der Waals surface area (Å²) in [6, 6.07) is 79.9. The van der Waals surface area contributed by atoms with Crippen molar-refractivity contribution in [3.63, 3.8) is 0 Å². The molecule has 5 nitrogen and oxygen atoms in total. The molecule has 0 saturated carbocycles. The first-order chi connectivity index (χ1) is 34.7. The summed E-state index contributed by atoms with van der Waals surface area (Å²) in [7, 11) is 0. The first-order valence-electron chi connectivity index (χ1n) is 23.6. The third kappa shape index (κ3) is 5.62. The Morgan fingerprint density at radius 3 is 1.67 bits per heavy atom. The Labute approximate surface area is 405 Å². The smallest absolute Gasteiger partial charge is 0.164 e. The van der Waals surface area contributed by atoms with Crippen LogP contribution in [-0.4, -0.2) is 15.0 Å². The van der Waals surface area contributed by atoms with Gasteiger partial charge in [0.05, 0.1) is 5.41 Å². The third-order valence-electron chi connectivity index (χ3n) is 14.4. The summed E-state index contributed by atoms with van der Waals surface area (Å²) in [5, 5.41) is 6.33. The molecule has 0 fully saturated rings. The van der Waals surface area contributed by atoms with E-state index in [1.807, 2.05) is 36.4 Å². The number of para-hydroxylation sites is 1. The van der Waals surface area contributed by atoms with E-state index in [-0.39, 0.29) is 0 Å². The molecule has 4 aromatic heterocycles. The summed E-state index contributed by atoms with van der Waals surface area (Å²) in [6.45, 7) is 0. The number of furan rings is 2. The van der Waals surface area contributed by atoms with Crippen LogP contribution in [0.4, 0.5) is 0 Å². The second-order valence-corrected chi connectivity index (χ2v) is 19.2. The second kappa shape index (κ2) is 15.0. The minimum absolute atomic E-state index is 0.507. The van der Waals surface area contributed by atoms with Crippen LogP contribution >= 0.6 is 11.3 Å². The molecule has 0 aliphatic heterocycles. The van der Waals surface area contributed by atoms with Gasteiger partial charge in [-0.3, -0.25) is 0 Å². The highest BCUT2D eigenvalue weighted by atomic mass is 32.1. The number of rotatable bonds is 6. The lowest BCUT2D eigenvalue weighted by Gasteiger charge is -2.34. The zero-order valence-electron chi connectivity index (χ0n) is 37.4. The van der Waals surface area contributed by atoms with E-state index in [0.717, 1.165) is 77.1 Å². The number of hydrogen-bond donors (Lipinski definition) is 0. The van der Waals surface area contributed by atoms with Crippen LogP contribution in [-0.2, 0) is 5.41 Å². The molecule has 70 heavy (non-hydrogen) atoms. The van der Waals surface area contributed by atoms with Crippen LogP contribution in [0.5, 0.6) is 0 Å². The molecule has 326 valence electrons. The molecule has 1 aliphatic carbocycles. The number of fused-ring (bicyclic) bond motifs is 12. The average molecular weight is 912 g/mol. The van der Waals surface area contributed by atoms with Gasteiger partial charge < -0.3 is 8.83 Å². The van der Waals surface area contributed by atoms with Crippen molar-refractivity contribution in [2.75, 3.05) is 0 Å². The molecule has 10 aromatic carbocycles. The topological polar surface area (TPSA) is 65.0 Å². The molecule has 0 unspecified atom stereocenters. The van der Waals surface area contributed by atoms with Gasteiger partial charge in [-0.1, -0.05) is 170 Å². The molecular weight excluding hydrogens is 875 g/mol. The number of benzene rings is 10. The normalized spacial score (nSPS) is 13.0. The second-order valence-electron chi connectivity index (χ2n) is 18.1. The van der Waals surface area contributed by atoms with Gasteiger partial charge in [0.2, 0.25) is 0 Å². The summed E-state index contributed by atoms with van der Waals surface area (Å²) in [6.07, 6.45) is 0. The standard InChI is InChI=1S/C64H37N3O2S/c1-3-16-40(17-4-1)64(41-18-5-2-6-19-41)50-26-10-7-21-44(50)58-42(23-13-27-51(58)64)38-32-34-54-49(36-38)59-46(24-14-29-55(59)69-54)62-65-61(39-33-35-53-48(37-39)43-20-8-11-28-52(43)68-53)66-63(67-62)47-25-15-31-57-60(47)45-22-9-12-30-56(45)70-57/h1-37H. The van der Waals surface area contributed by atoms with Crippen LogP contribution in [0, 0.1) is 0 Å². The molecule has 1 aliphatic rings. The Kier molecular flexibility index (Phi) is 8.38. The number of thiophene rings is 1. The minimum atomic E-state index is -0.507. The van der Waals surface area contributed by atoms with Gasteiger partial charge in [-0.15, -0.1) is 11.3 Å². The van der Waals surface area contributed by atoms with Gasteiger partial charge in [-0.05, 0) is 99.1 Å². The molecule has 0 amide bonds. The van der Waals surface area contributed by atoms with E-state index in [0.29, 0.717) is 17.5 Å². The van der Waals surface area contributed by atoms with Gasteiger partial charge in [0, 0.05) is 58.4 Å². The summed E-state index contributed by atoms with van der Waals surface area (Å²) in [5.41, 5.74) is 15.2. The third-order valence-corrected chi connectivity index (χ3v) is 15.6. The lowest BCUT2D eigenvalue weighted by atomic mass is 9.67. The first kappa shape index (κ1) is 39.1. The highest BCUT2D eigenvalue weighted by molar-refractivity contribution is 7.25. The first-order valence-corrected chi connectivity index (χ1v) is 24.4. The lowest BCUT2D eigenvalue weighted by molar-refractivity contribution is 0.668. The zero-order valence-corrected chi connectivity index (χ0v) is 38.2. The van der Waals surface area contributed by atoms with E-state index in [4.69, 9.17) is 23.8 Å². The fourth-order valence-electron chi connectivity index (χ4n) is 11.5. The van der Waals surface area contributed by atoms with Crippen LogP contribution in [0.1, 0.15) is 22.3 Å². The average Bonchev–Trinajstić information content (AvgIpc) is 4.19. The number of aromatic nitrogens is 3. The van der Waals surface area contributed by atoms with Crippen molar-refractivity contribution in [2.45, 2.75) is 5.41 Å². The molecule has 0 saturated heterocycles. The SMILES string of the molecule is c1ccc(C2(c3ccccc3)c3ccccc3-c3c(-c4ccc5oc6cccc(-c7nc(-c8ccc9oc%10ccccc%10c9c8)nc(-c8cccc9sc%10ccccc%10c89)n7)c6c5c4)cccc32)cc1. The monoisotopic (exact) mass is 911 g/mol. The van der Waals surface area contributed by atoms with E-state index in [1.165, 1.54) is 48.2 Å². The molecule has 4 heterocycles. The Morgan fingerprint density at radius 1 is 0.329 bits per heavy atom. The van der Waals surface area contributed by atoms with E-state index < -0.39 is 5.41 Å². The predicted octanol–water partition coefficient (Wildman–Crippen LogP) is 17.1. The molecule has 14 aromatic rings. The molecule has 15 rings (SSSR count). The number of nitrogens with zero attached hydrogens (tertiary/aromatic N) is 3. The van der Waals surface area contributed by atoms with Crippen molar-refractivity contribution >= 4 is 75.4 Å². The molecule has 0 N–H and O–H groups in total. The van der Waals surface area contributed by atoms with Crippen molar-refractivity contribution in [3.8, 4) is 56.4 Å². The summed E-state index contributed by atoms with van der Waals surface area (Å²) < 4.78 is 15.4. The molecule has 0 spiro atoms. The fourth-order valence-corrected chi connectivity index (χ4v) is 12.6. The van der Waals surface area contributed by atoms with Crippen molar-refractivity contribution in [1.29, 1.82) is 0 Å². The molecule has 0 atom stereocenters. The molecule has 0 radical (unpaired) electrons. The van der Waals surface area contributed by atoms with Crippen molar-refractivity contribution < 1.29 is 8.83 Å².